The summed E-state index contributed by atoms with van der Waals surface area (Å²) in [5, 5.41) is 37.6. The Hall–Kier alpha value is -6.87. The lowest BCUT2D eigenvalue weighted by Gasteiger charge is -2.50. The number of piperazine rings is 2. The van der Waals surface area contributed by atoms with Gasteiger partial charge in [-0.2, -0.15) is 0 Å². The van der Waals surface area contributed by atoms with Gasteiger partial charge in [0.05, 0.1) is 39.6 Å². The number of rotatable bonds is 17. The predicted octanol–water partition coefficient (Wildman–Crippen LogP) is 8.15. The van der Waals surface area contributed by atoms with Crippen molar-refractivity contribution < 1.29 is 29.1 Å². The van der Waals surface area contributed by atoms with Crippen LogP contribution < -0.4 is 30.5 Å². The van der Waals surface area contributed by atoms with Crippen LogP contribution in [0.4, 0.5) is 23.0 Å². The summed E-state index contributed by atoms with van der Waals surface area (Å²) in [6, 6.07) is 22.9. The van der Waals surface area contributed by atoms with E-state index in [2.05, 4.69) is 81.1 Å². The average Bonchev–Trinajstić information content (AvgIpc) is 4.49. The van der Waals surface area contributed by atoms with E-state index in [1.165, 1.54) is 12.8 Å². The number of amides is 2. The number of carbonyl (C=O) groups is 2. The highest BCUT2D eigenvalue weighted by Crippen LogP contribution is 2.42. The summed E-state index contributed by atoms with van der Waals surface area (Å²) in [7, 11) is 0. The standard InChI is InChI=1S/C63H81N13O6S/c1-38(2)58(62(80)75-36-48(77)30-53(75)61(79)67-39(3)42-11-13-43(14-12-42)59-40(4)66-37-83-59)55-32-56(70-82-55)72-23-25-74(26-24-72)63(5,6)44-18-21-71(22-19-44)33-41-27-49(28-41)81-57-29-45(17-20-65-57)76-46-15-16-47(76)35-73(34-46)52-31-51(68-69-60(52)64)50-9-7-8-10-54(50)78/h7-14,17,20,29,31-32,37-39,41,44,46-49,53,58,77-78H,15-16,18-19,21-28,30,33-36H2,1-6H3,(H2,64,69)(H,67,79)/t39-,41-,46?,47?,48+,49-,53-,58-/m0/s1. The molecule has 12 rings (SSSR count). The fourth-order valence-corrected chi connectivity index (χ4v) is 15.2. The zero-order valence-electron chi connectivity index (χ0n) is 48.8. The van der Waals surface area contributed by atoms with Crippen molar-refractivity contribution in [1.82, 2.24) is 45.3 Å². The van der Waals surface area contributed by atoms with Crippen LogP contribution in [0.25, 0.3) is 21.7 Å². The molecular weight excluding hydrogens is 1070 g/mol. The Balaban J connectivity index is 0.581. The Morgan fingerprint density at radius 1 is 0.867 bits per heavy atom. The van der Waals surface area contributed by atoms with E-state index in [0.717, 1.165) is 123 Å². The lowest BCUT2D eigenvalue weighted by atomic mass is 9.77. The summed E-state index contributed by atoms with van der Waals surface area (Å²) in [4.78, 5) is 52.5. The van der Waals surface area contributed by atoms with E-state index in [4.69, 9.17) is 15.0 Å². The molecule has 9 heterocycles. The maximum Gasteiger partial charge on any atom is 0.243 e. The highest BCUT2D eigenvalue weighted by molar-refractivity contribution is 7.13. The van der Waals surface area contributed by atoms with Crippen LogP contribution in [-0.2, 0) is 9.59 Å². The Bertz CT molecular complexity index is 3230. The molecule has 0 spiro atoms. The number of pyridine rings is 1. The number of ether oxygens (including phenoxy) is 1. The van der Waals surface area contributed by atoms with Crippen molar-refractivity contribution in [2.24, 2.45) is 17.8 Å². The zero-order valence-corrected chi connectivity index (χ0v) is 49.6. The lowest BCUT2D eigenvalue weighted by Crippen LogP contribution is -2.59. The molecule has 2 bridgehead atoms. The van der Waals surface area contributed by atoms with Crippen molar-refractivity contribution in [3.63, 3.8) is 0 Å². The molecule has 2 unspecified atom stereocenters. The van der Waals surface area contributed by atoms with E-state index < -0.39 is 18.1 Å². The second-order valence-electron chi connectivity index (χ2n) is 25.2. The molecule has 6 atom stereocenters. The van der Waals surface area contributed by atoms with Crippen LogP contribution in [0.5, 0.6) is 11.6 Å². The summed E-state index contributed by atoms with van der Waals surface area (Å²) in [6.07, 6.45) is 8.05. The molecule has 2 aromatic carbocycles. The highest BCUT2D eigenvalue weighted by Gasteiger charge is 2.46. The summed E-state index contributed by atoms with van der Waals surface area (Å²) in [5.41, 5.74) is 14.6. The third-order valence-electron chi connectivity index (χ3n) is 19.2. The van der Waals surface area contributed by atoms with Crippen molar-refractivity contribution in [3.8, 4) is 33.3 Å². The first-order valence-corrected chi connectivity index (χ1v) is 31.0. The fourth-order valence-electron chi connectivity index (χ4n) is 14.3. The van der Waals surface area contributed by atoms with E-state index >= 15 is 0 Å². The minimum absolute atomic E-state index is 0.0442. The van der Waals surface area contributed by atoms with Crippen LogP contribution in [0, 0.1) is 24.7 Å². The second-order valence-corrected chi connectivity index (χ2v) is 26.0. The van der Waals surface area contributed by atoms with Gasteiger partial charge in [-0.3, -0.25) is 14.5 Å². The number of aromatic nitrogens is 5. The van der Waals surface area contributed by atoms with Gasteiger partial charge in [-0.1, -0.05) is 55.4 Å². The van der Waals surface area contributed by atoms with Crippen molar-refractivity contribution in [2.75, 3.05) is 85.9 Å². The molecule has 19 nitrogen and oxygen atoms in total. The number of hydrogen-bond acceptors (Lipinski definition) is 18. The number of aliphatic hydroxyl groups excluding tert-OH is 1. The smallest absolute Gasteiger partial charge is 0.243 e. The van der Waals surface area contributed by atoms with Gasteiger partial charge in [0.1, 0.15) is 23.8 Å². The molecule has 83 heavy (non-hydrogen) atoms. The number of carbonyl (C=O) groups excluding carboxylic acids is 2. The molecule has 1 aliphatic carbocycles. The van der Waals surface area contributed by atoms with Gasteiger partial charge in [0.2, 0.25) is 17.7 Å². The second kappa shape index (κ2) is 23.6. The number of nitrogens with two attached hydrogens (primary N) is 1. The van der Waals surface area contributed by atoms with Crippen LogP contribution in [0.15, 0.2) is 89.0 Å². The van der Waals surface area contributed by atoms with Crippen LogP contribution in [-0.4, -0.2) is 163 Å². The summed E-state index contributed by atoms with van der Waals surface area (Å²) < 4.78 is 12.5. The number of nitrogens with one attached hydrogen (secondary N) is 1. The first-order valence-electron chi connectivity index (χ1n) is 30.1. The first kappa shape index (κ1) is 56.6. The monoisotopic (exact) mass is 1150 g/mol. The quantitative estimate of drug-likeness (QED) is 0.0677. The number of nitrogens with zero attached hydrogens (tertiary/aromatic N) is 11. The number of para-hydroxylation sites is 1. The number of fused-ring (bicyclic) bond motifs is 2. The van der Waals surface area contributed by atoms with E-state index in [0.29, 0.717) is 52.6 Å². The lowest BCUT2D eigenvalue weighted by molar-refractivity contribution is -0.141. The number of phenolic OH excluding ortho intramolecular Hbond substituents is 1. The zero-order chi connectivity index (χ0) is 57.7. The average molecular weight is 1150 g/mol. The largest absolute Gasteiger partial charge is 0.507 e. The van der Waals surface area contributed by atoms with E-state index in [-0.39, 0.29) is 54.1 Å². The molecular formula is C63H81N13O6S. The molecule has 0 radical (unpaired) electrons. The van der Waals surface area contributed by atoms with Gasteiger partial charge >= 0.3 is 0 Å². The number of nitrogen functional groups attached to an aromatic ring is 1. The SMILES string of the molecule is Cc1ncsc1-c1ccc([C@H](C)NC(=O)[C@@H]2C[C@@H](O)CN2C(=O)[C@H](c2cc(N3CCN(C(C)(C)C4CCN(C[C@H]5C[C@H](Oc6cc(N7C8CCC7CN(c7cc(-c9ccccc9O)nnc7N)C8)ccn6)C5)CC4)CC3)no2)C(C)C)cc1. The number of thiazole rings is 1. The molecule has 6 aromatic rings. The Morgan fingerprint density at radius 2 is 1.60 bits per heavy atom. The maximum absolute atomic E-state index is 14.5. The van der Waals surface area contributed by atoms with E-state index in [1.54, 1.807) is 28.4 Å². The van der Waals surface area contributed by atoms with Gasteiger partial charge in [-0.05, 0) is 132 Å². The number of aromatic hydroxyl groups is 1. The maximum atomic E-state index is 14.5. The Kier molecular flexibility index (Phi) is 16.1. The number of aliphatic hydroxyl groups is 1. The van der Waals surface area contributed by atoms with Crippen molar-refractivity contribution in [2.45, 2.75) is 134 Å². The van der Waals surface area contributed by atoms with Gasteiger partial charge in [0, 0.05) is 106 Å². The molecule has 1 saturated carbocycles. The number of β-amino-alcohol motifs (C(OH)–C–C–N with tert-alkyl or cyclic N) is 1. The van der Waals surface area contributed by atoms with Crippen LogP contribution in [0.3, 0.4) is 0 Å². The normalized spacial score (nSPS) is 24.3. The molecule has 6 aliphatic rings. The van der Waals surface area contributed by atoms with Crippen LogP contribution in [0.1, 0.15) is 109 Å². The minimum Gasteiger partial charge on any atom is -0.507 e. The van der Waals surface area contributed by atoms with Crippen molar-refractivity contribution in [1.29, 1.82) is 0 Å². The molecule has 5 aliphatic heterocycles. The minimum atomic E-state index is -0.805. The molecule has 440 valence electrons. The number of likely N-dealkylation sites (tertiary alicyclic amines) is 2. The third kappa shape index (κ3) is 11.7. The number of benzene rings is 2. The van der Waals surface area contributed by atoms with Gasteiger partial charge in [0.15, 0.2) is 17.4 Å². The summed E-state index contributed by atoms with van der Waals surface area (Å²) in [6.45, 7) is 21.2. The number of phenols is 1. The molecule has 20 heteroatoms. The number of aryl methyl sites for hydroxylation is 1. The van der Waals surface area contributed by atoms with Crippen LogP contribution >= 0.6 is 11.3 Å². The number of piperidine rings is 1. The van der Waals surface area contributed by atoms with Crippen molar-refractivity contribution >= 4 is 46.2 Å². The molecule has 4 aromatic heterocycles. The van der Waals surface area contributed by atoms with Crippen molar-refractivity contribution in [3.05, 3.63) is 102 Å². The number of hydrogen-bond donors (Lipinski definition) is 4. The van der Waals surface area contributed by atoms with E-state index in [1.807, 2.05) is 87.9 Å². The van der Waals surface area contributed by atoms with E-state index in [9.17, 15) is 19.8 Å². The summed E-state index contributed by atoms with van der Waals surface area (Å²) in [5.74, 6) is 2.37. The Labute approximate surface area is 491 Å². The highest BCUT2D eigenvalue weighted by atomic mass is 32.1. The van der Waals surface area contributed by atoms with Gasteiger partial charge < -0.3 is 55.0 Å². The third-order valence-corrected chi connectivity index (χ3v) is 20.2. The first-order chi connectivity index (χ1) is 40.0. The molecule has 2 amide bonds. The van der Waals surface area contributed by atoms with Gasteiger partial charge in [-0.25, -0.2) is 9.97 Å². The molecule has 5 saturated heterocycles. The van der Waals surface area contributed by atoms with Crippen LogP contribution in [0.2, 0.25) is 0 Å². The molecule has 6 fully saturated rings. The fraction of sp³-hybridized carbons (Fsp3) is 0.540. The topological polar surface area (TPSA) is 219 Å². The number of anilines is 4. The predicted molar refractivity (Wildman–Crippen MR) is 323 cm³/mol. The van der Waals surface area contributed by atoms with Gasteiger partial charge in [0.25, 0.3) is 0 Å². The summed E-state index contributed by atoms with van der Waals surface area (Å²) >= 11 is 1.60. The molecule has 5 N–H and O–H groups in total. The Morgan fingerprint density at radius 3 is 2.30 bits per heavy atom. The van der Waals surface area contributed by atoms with Gasteiger partial charge in [-0.15, -0.1) is 21.5 Å².